The lowest BCUT2D eigenvalue weighted by Crippen LogP contribution is -2.35. The summed E-state index contributed by atoms with van der Waals surface area (Å²) >= 11 is 0. The molecule has 6 nitrogen and oxygen atoms in total. The predicted octanol–water partition coefficient (Wildman–Crippen LogP) is 2.99. The third-order valence-electron chi connectivity index (χ3n) is 5.57. The summed E-state index contributed by atoms with van der Waals surface area (Å²) < 4.78 is 7.73. The lowest BCUT2D eigenvalue weighted by atomic mass is 9.96. The summed E-state index contributed by atoms with van der Waals surface area (Å²) in [5.74, 6) is 3.87. The molecule has 0 radical (unpaired) electrons. The van der Waals surface area contributed by atoms with E-state index in [1.807, 2.05) is 13.8 Å². The third kappa shape index (κ3) is 2.99. The van der Waals surface area contributed by atoms with Crippen LogP contribution in [0.5, 0.6) is 0 Å². The van der Waals surface area contributed by atoms with E-state index < -0.39 is 0 Å². The number of aryl methyl sites for hydroxylation is 3. The van der Waals surface area contributed by atoms with Gasteiger partial charge in [0.25, 0.3) is 0 Å². The summed E-state index contributed by atoms with van der Waals surface area (Å²) in [6, 6.07) is 0. The summed E-state index contributed by atoms with van der Waals surface area (Å²) in [6.07, 6.45) is 7.34. The highest BCUT2D eigenvalue weighted by Crippen LogP contribution is 2.29. The zero-order valence-corrected chi connectivity index (χ0v) is 14.8. The zero-order valence-electron chi connectivity index (χ0n) is 14.8. The molecule has 0 bridgehead atoms. The minimum Gasteiger partial charge on any atom is -0.361 e. The third-order valence-corrected chi connectivity index (χ3v) is 5.57. The van der Waals surface area contributed by atoms with E-state index in [0.717, 1.165) is 44.1 Å². The Labute approximate surface area is 143 Å². The van der Waals surface area contributed by atoms with E-state index in [9.17, 15) is 0 Å². The van der Waals surface area contributed by atoms with Gasteiger partial charge in [-0.2, -0.15) is 0 Å². The molecular formula is C18H27N5O. The van der Waals surface area contributed by atoms with Crippen molar-refractivity contribution >= 4 is 0 Å². The quantitative estimate of drug-likeness (QED) is 0.866. The molecule has 2 aliphatic heterocycles. The van der Waals surface area contributed by atoms with Crippen LogP contribution in [0, 0.1) is 13.8 Å². The minimum absolute atomic E-state index is 0.499. The summed E-state index contributed by atoms with van der Waals surface area (Å²) in [5.41, 5.74) is 2.27. The molecule has 130 valence electrons. The molecule has 24 heavy (non-hydrogen) atoms. The highest BCUT2D eigenvalue weighted by Gasteiger charge is 2.28. The molecule has 1 saturated heterocycles. The first-order chi connectivity index (χ1) is 11.7. The molecule has 0 aromatic carbocycles. The van der Waals surface area contributed by atoms with E-state index in [0.29, 0.717) is 5.92 Å². The highest BCUT2D eigenvalue weighted by molar-refractivity contribution is 5.20. The second-order valence-electron chi connectivity index (χ2n) is 7.31. The number of fused-ring (bicyclic) bond motifs is 1. The zero-order chi connectivity index (χ0) is 16.5. The maximum Gasteiger partial charge on any atom is 0.138 e. The Morgan fingerprint density at radius 1 is 1.08 bits per heavy atom. The number of aromatic nitrogens is 4. The van der Waals surface area contributed by atoms with Gasteiger partial charge in [0.15, 0.2) is 0 Å². The van der Waals surface area contributed by atoms with Crippen LogP contribution in [0.2, 0.25) is 0 Å². The van der Waals surface area contributed by atoms with Gasteiger partial charge < -0.3 is 9.09 Å². The van der Waals surface area contributed by atoms with Crippen molar-refractivity contribution in [1.29, 1.82) is 0 Å². The van der Waals surface area contributed by atoms with Crippen LogP contribution in [0.25, 0.3) is 0 Å². The first-order valence-corrected chi connectivity index (χ1v) is 9.28. The molecule has 0 spiro atoms. The maximum absolute atomic E-state index is 5.32. The smallest absolute Gasteiger partial charge is 0.138 e. The van der Waals surface area contributed by atoms with Crippen LogP contribution < -0.4 is 0 Å². The van der Waals surface area contributed by atoms with Gasteiger partial charge in [0, 0.05) is 37.5 Å². The SMILES string of the molecule is Cc1noc(C)c1CN1CCC[C@H](c2nnc3n2CCCCC3)C1. The molecule has 0 saturated carbocycles. The molecule has 2 aromatic rings. The number of rotatable bonds is 3. The van der Waals surface area contributed by atoms with Crippen LogP contribution in [0.1, 0.15) is 66.7 Å². The summed E-state index contributed by atoms with van der Waals surface area (Å²) in [5, 5.41) is 13.2. The Kier molecular flexibility index (Phi) is 4.39. The van der Waals surface area contributed by atoms with Crippen molar-refractivity contribution in [2.75, 3.05) is 13.1 Å². The fourth-order valence-corrected chi connectivity index (χ4v) is 4.17. The fourth-order valence-electron chi connectivity index (χ4n) is 4.17. The predicted molar refractivity (Wildman–Crippen MR) is 90.8 cm³/mol. The summed E-state index contributed by atoms with van der Waals surface area (Å²) in [6.45, 7) is 8.27. The van der Waals surface area contributed by atoms with Gasteiger partial charge in [0.1, 0.15) is 17.4 Å². The largest absolute Gasteiger partial charge is 0.361 e. The van der Waals surface area contributed by atoms with Gasteiger partial charge in [-0.25, -0.2) is 0 Å². The van der Waals surface area contributed by atoms with E-state index in [4.69, 9.17) is 4.52 Å². The average Bonchev–Trinajstić information content (AvgIpc) is 3.04. The Bertz CT molecular complexity index is 685. The van der Waals surface area contributed by atoms with Gasteiger partial charge in [-0.3, -0.25) is 4.90 Å². The second-order valence-corrected chi connectivity index (χ2v) is 7.31. The van der Waals surface area contributed by atoms with E-state index in [-0.39, 0.29) is 0 Å². The van der Waals surface area contributed by atoms with Crippen LogP contribution in [-0.4, -0.2) is 37.9 Å². The van der Waals surface area contributed by atoms with Crippen molar-refractivity contribution in [2.24, 2.45) is 0 Å². The van der Waals surface area contributed by atoms with Gasteiger partial charge in [-0.1, -0.05) is 11.6 Å². The lowest BCUT2D eigenvalue weighted by molar-refractivity contribution is 0.193. The lowest BCUT2D eigenvalue weighted by Gasteiger charge is -2.32. The maximum atomic E-state index is 5.32. The monoisotopic (exact) mass is 329 g/mol. The number of nitrogens with zero attached hydrogens (tertiary/aromatic N) is 5. The number of piperidine rings is 1. The van der Waals surface area contributed by atoms with Crippen molar-refractivity contribution in [3.8, 4) is 0 Å². The standard InChI is InChI=1S/C18H27N5O/c1-13-16(14(2)24-21-13)12-22-9-6-7-15(11-22)18-20-19-17-8-4-3-5-10-23(17)18/h15H,3-12H2,1-2H3/t15-/m0/s1. The van der Waals surface area contributed by atoms with Gasteiger partial charge >= 0.3 is 0 Å². The first-order valence-electron chi connectivity index (χ1n) is 9.28. The van der Waals surface area contributed by atoms with Crippen LogP contribution >= 0.6 is 0 Å². The van der Waals surface area contributed by atoms with E-state index in [1.54, 1.807) is 0 Å². The highest BCUT2D eigenvalue weighted by atomic mass is 16.5. The van der Waals surface area contributed by atoms with E-state index >= 15 is 0 Å². The Morgan fingerprint density at radius 3 is 2.83 bits per heavy atom. The Balaban J connectivity index is 1.50. The van der Waals surface area contributed by atoms with Crippen LogP contribution in [-0.2, 0) is 19.5 Å². The summed E-state index contributed by atoms with van der Waals surface area (Å²) in [4.78, 5) is 2.53. The Morgan fingerprint density at radius 2 is 2.00 bits per heavy atom. The van der Waals surface area contributed by atoms with Crippen molar-refractivity contribution in [3.05, 3.63) is 28.7 Å². The van der Waals surface area contributed by atoms with Crippen LogP contribution in [0.3, 0.4) is 0 Å². The topological polar surface area (TPSA) is 60.0 Å². The molecule has 4 heterocycles. The van der Waals surface area contributed by atoms with Crippen molar-refractivity contribution < 1.29 is 4.52 Å². The molecule has 2 aromatic heterocycles. The van der Waals surface area contributed by atoms with Crippen molar-refractivity contribution in [3.63, 3.8) is 0 Å². The van der Waals surface area contributed by atoms with Gasteiger partial charge in [0.05, 0.1) is 5.69 Å². The van der Waals surface area contributed by atoms with Gasteiger partial charge in [-0.15, -0.1) is 10.2 Å². The van der Waals surface area contributed by atoms with Crippen molar-refractivity contribution in [2.45, 2.75) is 71.4 Å². The van der Waals surface area contributed by atoms with E-state index in [2.05, 4.69) is 24.8 Å². The number of hydrogen-bond donors (Lipinski definition) is 0. The summed E-state index contributed by atoms with van der Waals surface area (Å²) in [7, 11) is 0. The molecule has 4 rings (SSSR count). The molecule has 2 aliphatic rings. The fraction of sp³-hybridized carbons (Fsp3) is 0.722. The molecule has 0 amide bonds. The average molecular weight is 329 g/mol. The van der Waals surface area contributed by atoms with Crippen molar-refractivity contribution in [1.82, 2.24) is 24.8 Å². The molecule has 1 atom stereocenters. The van der Waals surface area contributed by atoms with Gasteiger partial charge in [0.2, 0.25) is 0 Å². The number of likely N-dealkylation sites (tertiary alicyclic amines) is 1. The van der Waals surface area contributed by atoms with Crippen LogP contribution in [0.4, 0.5) is 0 Å². The molecule has 0 unspecified atom stereocenters. The molecule has 6 heteroatoms. The molecule has 0 N–H and O–H groups in total. The normalized spacial score (nSPS) is 22.3. The second kappa shape index (κ2) is 6.67. The molecular weight excluding hydrogens is 302 g/mol. The molecule has 0 aliphatic carbocycles. The van der Waals surface area contributed by atoms with Crippen LogP contribution in [0.15, 0.2) is 4.52 Å². The van der Waals surface area contributed by atoms with E-state index in [1.165, 1.54) is 49.3 Å². The first kappa shape index (κ1) is 15.8. The Hall–Kier alpha value is -1.69. The van der Waals surface area contributed by atoms with Gasteiger partial charge in [-0.05, 0) is 46.1 Å². The molecule has 1 fully saturated rings. The minimum atomic E-state index is 0.499. The number of hydrogen-bond acceptors (Lipinski definition) is 5.